The second-order valence-electron chi connectivity index (χ2n) is 11.8. The first-order valence-corrected chi connectivity index (χ1v) is 16.5. The molecule has 0 amide bonds. The molecule has 0 spiro atoms. The lowest BCUT2D eigenvalue weighted by Gasteiger charge is -2.50. The molecule has 6 rings (SSSR count). The first-order valence-electron chi connectivity index (χ1n) is 14.7. The molecule has 3 fully saturated rings. The van der Waals surface area contributed by atoms with Gasteiger partial charge in [0.1, 0.15) is 5.82 Å². The van der Waals surface area contributed by atoms with Crippen LogP contribution in [-0.2, 0) is 10.0 Å². The Bertz CT molecular complexity index is 1520. The third kappa shape index (κ3) is 6.34. The Morgan fingerprint density at radius 3 is 2.59 bits per heavy atom. The largest absolute Gasteiger partial charge is 0.371 e. The minimum Gasteiger partial charge on any atom is -0.371 e. The van der Waals surface area contributed by atoms with Gasteiger partial charge in [0.25, 0.3) is 0 Å². The van der Waals surface area contributed by atoms with Gasteiger partial charge in [-0.3, -0.25) is 4.72 Å². The fourth-order valence-electron chi connectivity index (χ4n) is 6.99. The highest BCUT2D eigenvalue weighted by atomic mass is 32.2. The SMILES string of the molecule is CS(=O)(=O)Nc1cccc(-c2ccnc(N3CC4CCCCC4NCC4CN(c5ccc(C#N)cc5)CCC43)c2)c1. The number of sulfonamides is 1. The Morgan fingerprint density at radius 1 is 0.976 bits per heavy atom. The topological polar surface area (TPSA) is 101 Å². The number of hydrogen-bond donors (Lipinski definition) is 2. The predicted octanol–water partition coefficient (Wildman–Crippen LogP) is 4.86. The molecule has 9 heteroatoms. The molecule has 8 nitrogen and oxygen atoms in total. The van der Waals surface area contributed by atoms with Gasteiger partial charge in [-0.15, -0.1) is 0 Å². The normalized spacial score (nSPS) is 24.8. The van der Waals surface area contributed by atoms with E-state index in [2.05, 4.69) is 44.1 Å². The fraction of sp³-hybridized carbons (Fsp3) is 0.438. The van der Waals surface area contributed by atoms with Crippen LogP contribution in [0.15, 0.2) is 66.9 Å². The Labute approximate surface area is 243 Å². The second-order valence-corrected chi connectivity index (χ2v) is 13.5. The van der Waals surface area contributed by atoms with Gasteiger partial charge in [0.05, 0.1) is 17.9 Å². The van der Waals surface area contributed by atoms with Crippen molar-refractivity contribution in [2.45, 2.75) is 44.2 Å². The monoisotopic (exact) mass is 570 g/mol. The summed E-state index contributed by atoms with van der Waals surface area (Å²) in [5.74, 6) is 2.01. The van der Waals surface area contributed by atoms with Crippen LogP contribution >= 0.6 is 0 Å². The third-order valence-electron chi connectivity index (χ3n) is 8.98. The van der Waals surface area contributed by atoms with Gasteiger partial charge in [-0.05, 0) is 84.8 Å². The molecule has 0 radical (unpaired) electrons. The number of piperidine rings is 1. The van der Waals surface area contributed by atoms with Crippen molar-refractivity contribution in [2.75, 3.05) is 47.0 Å². The maximum absolute atomic E-state index is 11.8. The Hall–Kier alpha value is -3.61. The maximum Gasteiger partial charge on any atom is 0.229 e. The highest BCUT2D eigenvalue weighted by Gasteiger charge is 2.39. The number of nitrogens with one attached hydrogen (secondary N) is 2. The van der Waals surface area contributed by atoms with Crippen LogP contribution in [0.1, 0.15) is 37.7 Å². The molecule has 2 N–H and O–H groups in total. The van der Waals surface area contributed by atoms with Crippen molar-refractivity contribution in [2.24, 2.45) is 11.8 Å². The average Bonchev–Trinajstić information content (AvgIpc) is 2.97. The lowest BCUT2D eigenvalue weighted by atomic mass is 9.80. The average molecular weight is 571 g/mol. The van der Waals surface area contributed by atoms with E-state index in [-0.39, 0.29) is 0 Å². The molecular weight excluding hydrogens is 532 g/mol. The van der Waals surface area contributed by atoms with E-state index in [4.69, 9.17) is 4.98 Å². The van der Waals surface area contributed by atoms with Gasteiger partial charge in [-0.25, -0.2) is 13.4 Å². The van der Waals surface area contributed by atoms with Crippen LogP contribution in [0.25, 0.3) is 11.1 Å². The van der Waals surface area contributed by atoms with Gasteiger partial charge in [0, 0.05) is 61.8 Å². The summed E-state index contributed by atoms with van der Waals surface area (Å²) < 4.78 is 26.2. The third-order valence-corrected chi connectivity index (χ3v) is 9.58. The summed E-state index contributed by atoms with van der Waals surface area (Å²) in [6, 6.07) is 22.8. The molecule has 2 aromatic carbocycles. The van der Waals surface area contributed by atoms with E-state index in [0.717, 1.165) is 49.5 Å². The highest BCUT2D eigenvalue weighted by molar-refractivity contribution is 7.92. The van der Waals surface area contributed by atoms with Gasteiger partial charge in [0.15, 0.2) is 0 Å². The van der Waals surface area contributed by atoms with E-state index in [1.807, 2.05) is 42.6 Å². The second kappa shape index (κ2) is 11.7. The first-order chi connectivity index (χ1) is 19.9. The number of nitriles is 1. The molecule has 1 aromatic heterocycles. The molecule has 41 heavy (non-hydrogen) atoms. The quantitative estimate of drug-likeness (QED) is 0.452. The molecule has 1 saturated carbocycles. The summed E-state index contributed by atoms with van der Waals surface area (Å²) in [4.78, 5) is 9.97. The van der Waals surface area contributed by atoms with Gasteiger partial charge in [0.2, 0.25) is 10.0 Å². The zero-order valence-corrected chi connectivity index (χ0v) is 24.4. The van der Waals surface area contributed by atoms with Crippen LogP contribution in [0.4, 0.5) is 17.2 Å². The van der Waals surface area contributed by atoms with Crippen LogP contribution in [0.3, 0.4) is 0 Å². The molecule has 214 valence electrons. The van der Waals surface area contributed by atoms with Crippen molar-refractivity contribution in [3.05, 3.63) is 72.4 Å². The van der Waals surface area contributed by atoms with Crippen molar-refractivity contribution in [1.82, 2.24) is 10.3 Å². The summed E-state index contributed by atoms with van der Waals surface area (Å²) in [5.41, 5.74) is 4.41. The van der Waals surface area contributed by atoms with E-state index in [9.17, 15) is 13.7 Å². The fourth-order valence-corrected chi connectivity index (χ4v) is 7.55. The molecule has 2 saturated heterocycles. The lowest BCUT2D eigenvalue weighted by molar-refractivity contribution is 0.202. The van der Waals surface area contributed by atoms with Crippen molar-refractivity contribution in [1.29, 1.82) is 5.26 Å². The summed E-state index contributed by atoms with van der Waals surface area (Å²) >= 11 is 0. The van der Waals surface area contributed by atoms with Gasteiger partial charge >= 0.3 is 0 Å². The van der Waals surface area contributed by atoms with Crippen LogP contribution in [0, 0.1) is 23.2 Å². The minimum absolute atomic E-state index is 0.362. The van der Waals surface area contributed by atoms with Crippen molar-refractivity contribution < 1.29 is 8.42 Å². The number of pyridine rings is 1. The summed E-state index contributed by atoms with van der Waals surface area (Å²) in [7, 11) is -3.36. The van der Waals surface area contributed by atoms with E-state index < -0.39 is 10.0 Å². The molecule has 3 aliphatic rings. The lowest BCUT2D eigenvalue weighted by Crippen LogP contribution is -2.60. The van der Waals surface area contributed by atoms with Crippen molar-refractivity contribution >= 4 is 27.2 Å². The summed E-state index contributed by atoms with van der Waals surface area (Å²) in [6.07, 6.45) is 9.12. The van der Waals surface area contributed by atoms with E-state index in [1.54, 1.807) is 6.07 Å². The number of rotatable bonds is 5. The number of aromatic nitrogens is 1. The molecule has 4 unspecified atom stereocenters. The Balaban J connectivity index is 1.30. The number of nitrogens with zero attached hydrogens (tertiary/aromatic N) is 4. The summed E-state index contributed by atoms with van der Waals surface area (Å²) in [5, 5.41) is 13.2. The van der Waals surface area contributed by atoms with Gasteiger partial charge < -0.3 is 15.1 Å². The molecule has 1 aliphatic carbocycles. The van der Waals surface area contributed by atoms with E-state index in [1.165, 1.54) is 37.6 Å². The van der Waals surface area contributed by atoms with Crippen LogP contribution in [0.2, 0.25) is 0 Å². The van der Waals surface area contributed by atoms with Gasteiger partial charge in [-0.1, -0.05) is 25.0 Å². The summed E-state index contributed by atoms with van der Waals surface area (Å²) in [6.45, 7) is 3.88. The highest BCUT2D eigenvalue weighted by Crippen LogP contribution is 2.36. The zero-order chi connectivity index (χ0) is 28.4. The van der Waals surface area contributed by atoms with Crippen molar-refractivity contribution in [3.8, 4) is 17.2 Å². The Kier molecular flexibility index (Phi) is 7.87. The van der Waals surface area contributed by atoms with Gasteiger partial charge in [-0.2, -0.15) is 5.26 Å². The molecule has 3 aromatic rings. The van der Waals surface area contributed by atoms with Crippen LogP contribution in [-0.4, -0.2) is 57.9 Å². The first kappa shape index (κ1) is 27.6. The number of anilines is 3. The predicted molar refractivity (Wildman–Crippen MR) is 164 cm³/mol. The van der Waals surface area contributed by atoms with E-state index in [0.29, 0.717) is 35.2 Å². The van der Waals surface area contributed by atoms with Crippen LogP contribution < -0.4 is 19.8 Å². The number of benzene rings is 2. The number of fused-ring (bicyclic) bond motifs is 2. The molecule has 2 aliphatic heterocycles. The van der Waals surface area contributed by atoms with Crippen LogP contribution in [0.5, 0.6) is 0 Å². The zero-order valence-electron chi connectivity index (χ0n) is 23.5. The maximum atomic E-state index is 11.8. The smallest absolute Gasteiger partial charge is 0.229 e. The molecule has 3 heterocycles. The van der Waals surface area contributed by atoms with Crippen molar-refractivity contribution in [3.63, 3.8) is 0 Å². The molecule has 0 bridgehead atoms. The minimum atomic E-state index is -3.36. The van der Waals surface area contributed by atoms with E-state index >= 15 is 0 Å². The number of hydrogen-bond acceptors (Lipinski definition) is 7. The standard InChI is InChI=1S/C32H38N6O2S/c1-41(39,40)36-28-7-4-6-24(17-28)25-13-15-34-32(18-25)38-22-26-5-2-3-8-30(26)35-20-27-21-37(16-14-31(27)38)29-11-9-23(19-33)10-12-29/h4,6-7,9-13,15,17-18,26-27,30-31,35-36H,2-3,5,8,14,16,20-22H2,1H3. The molecular formula is C32H38N6O2S. The molecule has 4 atom stereocenters. The Morgan fingerprint density at radius 2 is 1.78 bits per heavy atom.